The first kappa shape index (κ1) is 16.7. The van der Waals surface area contributed by atoms with Crippen molar-refractivity contribution in [3.8, 4) is 0 Å². The van der Waals surface area contributed by atoms with E-state index < -0.39 is 12.0 Å². The van der Waals surface area contributed by atoms with Crippen LogP contribution in [0.3, 0.4) is 0 Å². The van der Waals surface area contributed by atoms with Crippen molar-refractivity contribution in [1.82, 2.24) is 4.90 Å². The van der Waals surface area contributed by atoms with Gasteiger partial charge in [-0.05, 0) is 31.5 Å². The molecule has 0 spiro atoms. The highest BCUT2D eigenvalue weighted by Crippen LogP contribution is 2.40. The van der Waals surface area contributed by atoms with Gasteiger partial charge in [0.25, 0.3) is 0 Å². The molecule has 1 saturated heterocycles. The largest absolute Gasteiger partial charge is 0.463 e. The zero-order valence-corrected chi connectivity index (χ0v) is 14.2. The number of ether oxygens (including phenoxy) is 1. The molecule has 7 heteroatoms. The number of fused-ring (bicyclic) bond motifs is 1. The van der Waals surface area contributed by atoms with Gasteiger partial charge in [0.05, 0.1) is 23.9 Å². The van der Waals surface area contributed by atoms with E-state index in [9.17, 15) is 14.0 Å². The van der Waals surface area contributed by atoms with Crippen LogP contribution in [0.5, 0.6) is 0 Å². The van der Waals surface area contributed by atoms with Crippen LogP contribution in [0.15, 0.2) is 40.5 Å². The molecule has 0 unspecified atom stereocenters. The van der Waals surface area contributed by atoms with Gasteiger partial charge in [0.15, 0.2) is 5.17 Å². The maximum absolute atomic E-state index is 13.3. The highest BCUT2D eigenvalue weighted by atomic mass is 32.2. The Morgan fingerprint density at radius 3 is 2.79 bits per heavy atom. The summed E-state index contributed by atoms with van der Waals surface area (Å²) in [7, 11) is 0. The summed E-state index contributed by atoms with van der Waals surface area (Å²) in [6, 6.07) is 5.17. The zero-order chi connectivity index (χ0) is 17.3. The number of thioether (sulfide) groups is 1. The van der Waals surface area contributed by atoms with Crippen molar-refractivity contribution < 1.29 is 18.7 Å². The van der Waals surface area contributed by atoms with E-state index in [1.54, 1.807) is 26.0 Å². The molecule has 1 atom stereocenters. The standard InChI is InChI=1S/C17H17FN2O3S/c1-3-23-16(22)14-10(2)19-17-20(13(21)8-9-24-17)15(14)11-4-6-12(18)7-5-11/h4-7,15H,3,8-9H2,1-2H3/t15-/m0/s1. The van der Waals surface area contributed by atoms with E-state index in [2.05, 4.69) is 4.99 Å². The summed E-state index contributed by atoms with van der Waals surface area (Å²) in [5.41, 5.74) is 1.50. The van der Waals surface area contributed by atoms with Crippen molar-refractivity contribution in [3.05, 3.63) is 46.9 Å². The van der Waals surface area contributed by atoms with Crippen LogP contribution in [0.2, 0.25) is 0 Å². The summed E-state index contributed by atoms with van der Waals surface area (Å²) in [4.78, 5) is 30.9. The topological polar surface area (TPSA) is 59.0 Å². The number of hydrogen-bond acceptors (Lipinski definition) is 5. The van der Waals surface area contributed by atoms with Gasteiger partial charge in [0.2, 0.25) is 5.91 Å². The molecule has 0 aromatic heterocycles. The van der Waals surface area contributed by atoms with Gasteiger partial charge in [-0.15, -0.1) is 0 Å². The number of rotatable bonds is 3. The van der Waals surface area contributed by atoms with Gasteiger partial charge in [-0.2, -0.15) is 0 Å². The summed E-state index contributed by atoms with van der Waals surface area (Å²) in [6.07, 6.45) is 0.372. The second-order valence-corrected chi connectivity index (χ2v) is 6.49. The molecule has 2 heterocycles. The minimum Gasteiger partial charge on any atom is -0.463 e. The van der Waals surface area contributed by atoms with Crippen molar-refractivity contribution in [2.45, 2.75) is 26.3 Å². The summed E-state index contributed by atoms with van der Waals surface area (Å²) in [6.45, 7) is 3.68. The summed E-state index contributed by atoms with van der Waals surface area (Å²) < 4.78 is 18.5. The van der Waals surface area contributed by atoms with Gasteiger partial charge in [-0.3, -0.25) is 9.69 Å². The second kappa shape index (κ2) is 6.76. The van der Waals surface area contributed by atoms with Crippen LogP contribution in [-0.2, 0) is 14.3 Å². The molecule has 1 aromatic carbocycles. The fourth-order valence-electron chi connectivity index (χ4n) is 2.83. The smallest absolute Gasteiger partial charge is 0.338 e. The number of hydrogen-bond donors (Lipinski definition) is 0. The molecule has 2 aliphatic heterocycles. The van der Waals surface area contributed by atoms with Gasteiger partial charge in [-0.1, -0.05) is 23.9 Å². The lowest BCUT2D eigenvalue weighted by molar-refractivity contribution is -0.139. The zero-order valence-electron chi connectivity index (χ0n) is 13.4. The third kappa shape index (κ3) is 2.96. The van der Waals surface area contributed by atoms with Crippen molar-refractivity contribution in [3.63, 3.8) is 0 Å². The Morgan fingerprint density at radius 2 is 2.12 bits per heavy atom. The number of allylic oxidation sites excluding steroid dienone is 1. The van der Waals surface area contributed by atoms with Crippen molar-refractivity contribution in [1.29, 1.82) is 0 Å². The van der Waals surface area contributed by atoms with Crippen LogP contribution in [0, 0.1) is 5.82 Å². The number of benzene rings is 1. The summed E-state index contributed by atoms with van der Waals surface area (Å²) >= 11 is 1.48. The van der Waals surface area contributed by atoms with Gasteiger partial charge >= 0.3 is 5.97 Å². The molecule has 1 amide bonds. The lowest BCUT2D eigenvalue weighted by Gasteiger charge is -2.38. The first-order valence-electron chi connectivity index (χ1n) is 7.69. The number of amidine groups is 1. The molecule has 1 fully saturated rings. The minimum absolute atomic E-state index is 0.101. The first-order chi connectivity index (χ1) is 11.5. The minimum atomic E-state index is -0.641. The van der Waals surface area contributed by atoms with Crippen LogP contribution in [0.1, 0.15) is 31.9 Å². The number of carbonyl (C=O) groups is 2. The van der Waals surface area contributed by atoms with Crippen LogP contribution < -0.4 is 0 Å². The maximum Gasteiger partial charge on any atom is 0.338 e. The molecule has 0 saturated carbocycles. The average molecular weight is 348 g/mol. The number of carbonyl (C=O) groups excluding carboxylic acids is 2. The van der Waals surface area contributed by atoms with Crippen LogP contribution in [0.25, 0.3) is 0 Å². The SMILES string of the molecule is CCOC(=O)C1=C(C)N=C2SCCC(=O)N2[C@H]1c1ccc(F)cc1. The van der Waals surface area contributed by atoms with E-state index in [-0.39, 0.29) is 18.3 Å². The Bertz CT molecular complexity index is 743. The Balaban J connectivity index is 2.14. The number of nitrogens with zero attached hydrogens (tertiary/aromatic N) is 2. The van der Waals surface area contributed by atoms with Gasteiger partial charge in [0.1, 0.15) is 5.82 Å². The number of esters is 1. The van der Waals surface area contributed by atoms with E-state index in [1.165, 1.54) is 28.8 Å². The van der Waals surface area contributed by atoms with Gasteiger partial charge in [0, 0.05) is 12.2 Å². The highest BCUT2D eigenvalue weighted by molar-refractivity contribution is 8.14. The second-order valence-electron chi connectivity index (χ2n) is 5.43. The van der Waals surface area contributed by atoms with Crippen molar-refractivity contribution in [2.75, 3.05) is 12.4 Å². The molecule has 0 aliphatic carbocycles. The Labute approximate surface area is 143 Å². The fourth-order valence-corrected chi connectivity index (χ4v) is 3.83. The van der Waals surface area contributed by atoms with E-state index in [0.717, 1.165) is 0 Å². The third-order valence-corrected chi connectivity index (χ3v) is 4.84. The molecule has 24 heavy (non-hydrogen) atoms. The van der Waals surface area contributed by atoms with Crippen LogP contribution in [-0.4, -0.2) is 34.3 Å². The molecule has 5 nitrogen and oxygen atoms in total. The fraction of sp³-hybridized carbons (Fsp3) is 0.353. The predicted molar refractivity (Wildman–Crippen MR) is 89.8 cm³/mol. The van der Waals surface area contributed by atoms with Crippen LogP contribution >= 0.6 is 11.8 Å². The average Bonchev–Trinajstić information content (AvgIpc) is 2.55. The Kier molecular flexibility index (Phi) is 4.71. The van der Waals surface area contributed by atoms with Crippen molar-refractivity contribution >= 4 is 28.8 Å². The molecule has 2 aliphatic rings. The van der Waals surface area contributed by atoms with E-state index in [0.29, 0.717) is 34.2 Å². The first-order valence-corrected chi connectivity index (χ1v) is 8.68. The Hall–Kier alpha value is -2.15. The third-order valence-electron chi connectivity index (χ3n) is 3.89. The summed E-state index contributed by atoms with van der Waals surface area (Å²) in [5.74, 6) is -0.320. The predicted octanol–water partition coefficient (Wildman–Crippen LogP) is 3.04. The quantitative estimate of drug-likeness (QED) is 0.788. The maximum atomic E-state index is 13.3. The molecular weight excluding hydrogens is 331 g/mol. The van der Waals surface area contributed by atoms with E-state index >= 15 is 0 Å². The molecule has 126 valence electrons. The van der Waals surface area contributed by atoms with Gasteiger partial charge in [-0.25, -0.2) is 14.2 Å². The molecule has 0 bridgehead atoms. The van der Waals surface area contributed by atoms with E-state index in [4.69, 9.17) is 4.74 Å². The number of halogens is 1. The monoisotopic (exact) mass is 348 g/mol. The van der Waals surface area contributed by atoms with E-state index in [1.807, 2.05) is 0 Å². The highest BCUT2D eigenvalue weighted by Gasteiger charge is 2.41. The summed E-state index contributed by atoms with van der Waals surface area (Å²) in [5, 5.41) is 0.575. The van der Waals surface area contributed by atoms with Gasteiger partial charge < -0.3 is 4.74 Å². The molecular formula is C17H17FN2O3S. The van der Waals surface area contributed by atoms with Crippen molar-refractivity contribution in [2.24, 2.45) is 4.99 Å². The molecule has 3 rings (SSSR count). The van der Waals surface area contributed by atoms with Crippen LogP contribution in [0.4, 0.5) is 4.39 Å². The lowest BCUT2D eigenvalue weighted by atomic mass is 9.94. The number of aliphatic imine (C=N–C) groups is 1. The number of amides is 1. The lowest BCUT2D eigenvalue weighted by Crippen LogP contribution is -2.45. The molecule has 0 radical (unpaired) electrons. The Morgan fingerprint density at radius 1 is 1.42 bits per heavy atom. The molecule has 0 N–H and O–H groups in total. The normalized spacial score (nSPS) is 20.6. The molecule has 1 aromatic rings.